The summed E-state index contributed by atoms with van der Waals surface area (Å²) in [5.41, 5.74) is 0.508. The van der Waals surface area contributed by atoms with Crippen molar-refractivity contribution in [3.8, 4) is 17.1 Å². The molecule has 2 saturated heterocycles. The lowest BCUT2D eigenvalue weighted by atomic mass is 9.96. The minimum atomic E-state index is -0.930. The van der Waals surface area contributed by atoms with Gasteiger partial charge in [0.25, 0.3) is 0 Å². The van der Waals surface area contributed by atoms with E-state index >= 15 is 0 Å². The summed E-state index contributed by atoms with van der Waals surface area (Å²) in [5.74, 6) is 0.953. The van der Waals surface area contributed by atoms with E-state index < -0.39 is 6.17 Å². The Labute approximate surface area is 153 Å². The predicted octanol–water partition coefficient (Wildman–Crippen LogP) is 2.67. The number of aromatic nitrogens is 3. The molecule has 1 aromatic carbocycles. The Bertz CT molecular complexity index is 774. The average molecular weight is 408 g/mol. The summed E-state index contributed by atoms with van der Waals surface area (Å²) in [7, 11) is 1.84. The number of rotatable bonds is 3. The van der Waals surface area contributed by atoms with Crippen molar-refractivity contribution < 1.29 is 9.50 Å². The first-order chi connectivity index (χ1) is 12.0. The van der Waals surface area contributed by atoms with Gasteiger partial charge in [-0.3, -0.25) is 0 Å². The molecule has 0 amide bonds. The van der Waals surface area contributed by atoms with Crippen molar-refractivity contribution in [3.05, 3.63) is 28.9 Å². The van der Waals surface area contributed by atoms with E-state index in [9.17, 15) is 9.50 Å². The molecule has 4 rings (SSSR count). The second-order valence-electron chi connectivity index (χ2n) is 6.71. The molecular weight excluding hydrogens is 389 g/mol. The van der Waals surface area contributed by atoms with Crippen LogP contribution < -0.4 is 10.2 Å². The molecule has 1 aromatic heterocycles. The van der Waals surface area contributed by atoms with Crippen LogP contribution in [0.15, 0.2) is 28.9 Å². The molecule has 2 bridgehead atoms. The topological polar surface area (TPSA) is 74.2 Å². The van der Waals surface area contributed by atoms with E-state index in [0.717, 1.165) is 23.7 Å². The predicted molar refractivity (Wildman–Crippen MR) is 96.3 cm³/mol. The van der Waals surface area contributed by atoms with Gasteiger partial charge in [0.2, 0.25) is 0 Å². The molecule has 0 aliphatic carbocycles. The standard InChI is InChI=1S/C17H19BrFN5O/c1-24(13-7-10-3-5-12(21-10)16(13)19)15-8-20-17(23-22-15)11-4-2-9(18)6-14(11)25/h2,4,6,8,10,12-13,16,21,25H,3,5,7H2,1H3/t10-,12+,13-,16+/m1/s1. The van der Waals surface area contributed by atoms with E-state index in [4.69, 9.17) is 0 Å². The third kappa shape index (κ3) is 3.08. The number of nitrogens with one attached hydrogen (secondary N) is 1. The second-order valence-corrected chi connectivity index (χ2v) is 7.62. The van der Waals surface area contributed by atoms with Crippen LogP contribution in [0.1, 0.15) is 19.3 Å². The zero-order valence-corrected chi connectivity index (χ0v) is 15.3. The highest BCUT2D eigenvalue weighted by Crippen LogP contribution is 2.33. The lowest BCUT2D eigenvalue weighted by Gasteiger charge is -2.38. The van der Waals surface area contributed by atoms with Crippen molar-refractivity contribution in [1.29, 1.82) is 0 Å². The monoisotopic (exact) mass is 407 g/mol. The van der Waals surface area contributed by atoms with Crippen LogP contribution in [0.4, 0.5) is 10.2 Å². The van der Waals surface area contributed by atoms with E-state index in [1.807, 2.05) is 11.9 Å². The van der Waals surface area contributed by atoms with Crippen LogP contribution in [0, 0.1) is 0 Å². The molecule has 0 unspecified atom stereocenters. The molecule has 6 nitrogen and oxygen atoms in total. The Morgan fingerprint density at radius 1 is 1.32 bits per heavy atom. The number of hydrogen-bond donors (Lipinski definition) is 2. The number of phenols is 1. The second kappa shape index (κ2) is 6.49. The molecule has 8 heteroatoms. The molecule has 4 atom stereocenters. The molecule has 3 heterocycles. The zero-order chi connectivity index (χ0) is 17.6. The first-order valence-electron chi connectivity index (χ1n) is 8.34. The van der Waals surface area contributed by atoms with E-state index in [0.29, 0.717) is 23.2 Å². The fourth-order valence-electron chi connectivity index (χ4n) is 3.77. The Hall–Kier alpha value is -1.80. The number of halogens is 2. The SMILES string of the molecule is CN(c1cnc(-c2ccc(Br)cc2O)nn1)[C@@H]1C[C@H]2CC[C@H](N2)[C@@H]1F. The number of nitrogens with zero attached hydrogens (tertiary/aromatic N) is 4. The van der Waals surface area contributed by atoms with Crippen molar-refractivity contribution in [2.45, 2.75) is 43.6 Å². The number of benzene rings is 1. The maximum Gasteiger partial charge on any atom is 0.185 e. The molecule has 2 N–H and O–H groups in total. The molecule has 132 valence electrons. The van der Waals surface area contributed by atoms with Crippen molar-refractivity contribution in [3.63, 3.8) is 0 Å². The van der Waals surface area contributed by atoms with Crippen LogP contribution in [0.2, 0.25) is 0 Å². The number of hydrogen-bond acceptors (Lipinski definition) is 6. The number of fused-ring (bicyclic) bond motifs is 2. The van der Waals surface area contributed by atoms with Crippen molar-refractivity contribution in [2.24, 2.45) is 0 Å². The summed E-state index contributed by atoms with van der Waals surface area (Å²) < 4.78 is 15.5. The highest BCUT2D eigenvalue weighted by Gasteiger charge is 2.43. The number of alkyl halides is 1. The van der Waals surface area contributed by atoms with Crippen LogP contribution in [0.3, 0.4) is 0 Å². The molecule has 2 aliphatic rings. The van der Waals surface area contributed by atoms with Gasteiger partial charge in [0, 0.05) is 23.6 Å². The van der Waals surface area contributed by atoms with Crippen LogP contribution in [-0.4, -0.2) is 51.6 Å². The Kier molecular flexibility index (Phi) is 4.33. The highest BCUT2D eigenvalue weighted by atomic mass is 79.9. The van der Waals surface area contributed by atoms with Gasteiger partial charge in [0.1, 0.15) is 11.9 Å². The molecule has 2 aromatic rings. The quantitative estimate of drug-likeness (QED) is 0.814. The summed E-state index contributed by atoms with van der Waals surface area (Å²) >= 11 is 3.30. The Morgan fingerprint density at radius 2 is 2.16 bits per heavy atom. The molecule has 2 aliphatic heterocycles. The molecule has 25 heavy (non-hydrogen) atoms. The third-order valence-corrected chi connectivity index (χ3v) is 5.66. The van der Waals surface area contributed by atoms with Crippen molar-refractivity contribution in [1.82, 2.24) is 20.5 Å². The lowest BCUT2D eigenvalue weighted by molar-refractivity contribution is 0.176. The van der Waals surface area contributed by atoms with E-state index in [1.54, 1.807) is 24.4 Å². The summed E-state index contributed by atoms with van der Waals surface area (Å²) in [6.07, 6.45) is 3.33. The minimum Gasteiger partial charge on any atom is -0.507 e. The highest BCUT2D eigenvalue weighted by molar-refractivity contribution is 9.10. The largest absolute Gasteiger partial charge is 0.507 e. The fraction of sp³-hybridized carbons (Fsp3) is 0.471. The maximum atomic E-state index is 14.7. The van der Waals surface area contributed by atoms with Crippen LogP contribution in [-0.2, 0) is 0 Å². The first-order valence-corrected chi connectivity index (χ1v) is 9.14. The van der Waals surface area contributed by atoms with Gasteiger partial charge in [-0.05, 0) is 37.5 Å². The van der Waals surface area contributed by atoms with Crippen LogP contribution in [0.25, 0.3) is 11.4 Å². The minimum absolute atomic E-state index is 0.0638. The summed E-state index contributed by atoms with van der Waals surface area (Å²) in [6.45, 7) is 0. The average Bonchev–Trinajstić information content (AvgIpc) is 3.01. The van der Waals surface area contributed by atoms with Gasteiger partial charge in [-0.2, -0.15) is 0 Å². The number of piperidine rings is 1. The van der Waals surface area contributed by atoms with Gasteiger partial charge in [-0.25, -0.2) is 9.37 Å². The summed E-state index contributed by atoms with van der Waals surface area (Å²) in [6, 6.07) is 5.20. The lowest BCUT2D eigenvalue weighted by Crippen LogP contribution is -2.55. The van der Waals surface area contributed by atoms with Gasteiger partial charge in [-0.1, -0.05) is 15.9 Å². The van der Waals surface area contributed by atoms with Gasteiger partial charge in [-0.15, -0.1) is 10.2 Å². The normalized spacial score (nSPS) is 28.1. The maximum absolute atomic E-state index is 14.7. The smallest absolute Gasteiger partial charge is 0.185 e. The Balaban J connectivity index is 1.55. The zero-order valence-electron chi connectivity index (χ0n) is 13.7. The summed E-state index contributed by atoms with van der Waals surface area (Å²) in [4.78, 5) is 6.14. The van der Waals surface area contributed by atoms with Gasteiger partial charge in [0.15, 0.2) is 11.6 Å². The van der Waals surface area contributed by atoms with Gasteiger partial charge in [0.05, 0.1) is 17.8 Å². The van der Waals surface area contributed by atoms with Crippen LogP contribution >= 0.6 is 15.9 Å². The van der Waals surface area contributed by atoms with E-state index in [1.165, 1.54) is 0 Å². The Morgan fingerprint density at radius 3 is 2.88 bits per heavy atom. The van der Waals surface area contributed by atoms with Crippen LogP contribution in [0.5, 0.6) is 5.75 Å². The molecular formula is C17H19BrFN5O. The van der Waals surface area contributed by atoms with Gasteiger partial charge >= 0.3 is 0 Å². The van der Waals surface area contributed by atoms with E-state index in [2.05, 4.69) is 36.4 Å². The molecule has 2 fully saturated rings. The van der Waals surface area contributed by atoms with E-state index in [-0.39, 0.29) is 17.8 Å². The molecule has 0 spiro atoms. The fourth-order valence-corrected chi connectivity index (χ4v) is 4.12. The summed E-state index contributed by atoms with van der Waals surface area (Å²) in [5, 5.41) is 21.7. The van der Waals surface area contributed by atoms with Crippen molar-refractivity contribution in [2.75, 3.05) is 11.9 Å². The first kappa shape index (κ1) is 16.7. The number of anilines is 1. The third-order valence-electron chi connectivity index (χ3n) is 5.16. The van der Waals surface area contributed by atoms with Gasteiger partial charge < -0.3 is 15.3 Å². The number of phenolic OH excluding ortho intramolecular Hbond substituents is 1. The number of aromatic hydroxyl groups is 1. The molecule has 0 saturated carbocycles. The van der Waals surface area contributed by atoms with Crippen molar-refractivity contribution >= 4 is 21.7 Å². The molecule has 0 radical (unpaired) electrons.